The van der Waals surface area contributed by atoms with Crippen molar-refractivity contribution in [3.63, 3.8) is 0 Å². The molecule has 0 bridgehead atoms. The van der Waals surface area contributed by atoms with Crippen molar-refractivity contribution in [2.75, 3.05) is 0 Å². The van der Waals surface area contributed by atoms with E-state index in [4.69, 9.17) is 9.84 Å². The lowest BCUT2D eigenvalue weighted by atomic mass is 9.97. The second kappa shape index (κ2) is 10.0. The lowest BCUT2D eigenvalue weighted by Crippen LogP contribution is -2.28. The average Bonchev–Trinajstić information content (AvgIpc) is 3.28. The van der Waals surface area contributed by atoms with Gasteiger partial charge in [0.2, 0.25) is 0 Å². The number of rotatable bonds is 9. The maximum atomic E-state index is 10.9. The van der Waals surface area contributed by atoms with Gasteiger partial charge in [0.05, 0.1) is 6.42 Å². The maximum absolute atomic E-state index is 10.9. The van der Waals surface area contributed by atoms with Crippen LogP contribution in [0.1, 0.15) is 47.6 Å². The number of carbonyl (C=O) groups is 1. The van der Waals surface area contributed by atoms with Crippen LogP contribution in [-0.4, -0.2) is 17.1 Å². The number of aliphatic carboxylic acids is 1. The van der Waals surface area contributed by atoms with Gasteiger partial charge in [-0.3, -0.25) is 4.79 Å². The van der Waals surface area contributed by atoms with E-state index < -0.39 is 5.97 Å². The summed E-state index contributed by atoms with van der Waals surface area (Å²) in [5.74, 6) is 0.204. The van der Waals surface area contributed by atoms with Crippen molar-refractivity contribution in [3.05, 3.63) is 88.5 Å². The van der Waals surface area contributed by atoms with E-state index in [2.05, 4.69) is 66.8 Å². The van der Waals surface area contributed by atoms with E-state index in [9.17, 15) is 4.79 Å². The normalized spacial score (nSPS) is 13.6. The summed E-state index contributed by atoms with van der Waals surface area (Å²) in [6.07, 6.45) is 3.35. The second-order valence-corrected chi connectivity index (χ2v) is 8.66. The van der Waals surface area contributed by atoms with E-state index in [1.54, 1.807) is 0 Å². The van der Waals surface area contributed by atoms with E-state index in [0.29, 0.717) is 13.2 Å². The fourth-order valence-electron chi connectivity index (χ4n) is 4.59. The number of fused-ring (bicyclic) bond motifs is 1. The Labute approximate surface area is 190 Å². The fourth-order valence-corrected chi connectivity index (χ4v) is 4.59. The second-order valence-electron chi connectivity index (χ2n) is 8.66. The summed E-state index contributed by atoms with van der Waals surface area (Å²) in [6, 6.07) is 21.0. The Balaban J connectivity index is 1.48. The number of hydrogen-bond acceptors (Lipinski definition) is 3. The Morgan fingerprint density at radius 1 is 1.00 bits per heavy atom. The minimum Gasteiger partial charge on any atom is -0.489 e. The zero-order valence-electron chi connectivity index (χ0n) is 18.9. The summed E-state index contributed by atoms with van der Waals surface area (Å²) in [7, 11) is 0. The van der Waals surface area contributed by atoms with Crippen LogP contribution in [0.3, 0.4) is 0 Å². The molecule has 4 nitrogen and oxygen atoms in total. The lowest BCUT2D eigenvalue weighted by Gasteiger charge is -2.18. The van der Waals surface area contributed by atoms with Crippen molar-refractivity contribution in [2.45, 2.75) is 58.7 Å². The zero-order valence-corrected chi connectivity index (χ0v) is 18.9. The third-order valence-corrected chi connectivity index (χ3v) is 6.37. The molecule has 0 saturated heterocycles. The maximum Gasteiger partial charge on any atom is 0.304 e. The van der Waals surface area contributed by atoms with Gasteiger partial charge in [-0.05, 0) is 78.1 Å². The third-order valence-electron chi connectivity index (χ3n) is 6.37. The lowest BCUT2D eigenvalue weighted by molar-refractivity contribution is -0.137. The van der Waals surface area contributed by atoms with Crippen LogP contribution in [0.25, 0.3) is 11.1 Å². The standard InChI is InChI=1S/C28H31NO3/c1-19(16-28(30)31)29-17-22-14-15-27(26-13-7-12-25(22)26)32-18-23-10-6-11-24(20(23)2)21-8-4-3-5-9-21/h3-6,8-11,14-15,19,29H,7,12-13,16-18H2,1-2H3,(H,30,31). The first-order chi connectivity index (χ1) is 15.5. The number of carboxylic acid groups (broad SMARTS) is 1. The van der Waals surface area contributed by atoms with Crippen molar-refractivity contribution in [1.29, 1.82) is 0 Å². The molecular formula is C28H31NO3. The zero-order chi connectivity index (χ0) is 22.5. The number of nitrogens with one attached hydrogen (secondary N) is 1. The van der Waals surface area contributed by atoms with Crippen LogP contribution in [0.5, 0.6) is 5.75 Å². The van der Waals surface area contributed by atoms with Gasteiger partial charge < -0.3 is 15.2 Å². The molecule has 2 N–H and O–H groups in total. The van der Waals surface area contributed by atoms with Crippen LogP contribution < -0.4 is 10.1 Å². The molecule has 4 rings (SSSR count). The van der Waals surface area contributed by atoms with Crippen molar-refractivity contribution in [2.24, 2.45) is 0 Å². The Bertz CT molecular complexity index is 1090. The van der Waals surface area contributed by atoms with Crippen molar-refractivity contribution < 1.29 is 14.6 Å². The summed E-state index contributed by atoms with van der Waals surface area (Å²) in [5.41, 5.74) is 8.86. The number of benzene rings is 3. The highest BCUT2D eigenvalue weighted by Crippen LogP contribution is 2.34. The highest BCUT2D eigenvalue weighted by molar-refractivity contribution is 5.68. The Morgan fingerprint density at radius 3 is 2.56 bits per heavy atom. The molecule has 3 aromatic rings. The molecule has 0 aliphatic heterocycles. The van der Waals surface area contributed by atoms with E-state index in [1.807, 2.05) is 13.0 Å². The molecule has 1 aliphatic rings. The largest absolute Gasteiger partial charge is 0.489 e. The Morgan fingerprint density at radius 2 is 1.78 bits per heavy atom. The fraction of sp³-hybridized carbons (Fsp3) is 0.321. The highest BCUT2D eigenvalue weighted by Gasteiger charge is 2.20. The molecule has 1 atom stereocenters. The van der Waals surface area contributed by atoms with Crippen LogP contribution in [0.4, 0.5) is 0 Å². The first-order valence-corrected chi connectivity index (χ1v) is 11.4. The van der Waals surface area contributed by atoms with Crippen LogP contribution >= 0.6 is 0 Å². The van der Waals surface area contributed by atoms with E-state index in [0.717, 1.165) is 25.0 Å². The minimum atomic E-state index is -0.773. The van der Waals surface area contributed by atoms with Crippen molar-refractivity contribution in [1.82, 2.24) is 5.32 Å². The van der Waals surface area contributed by atoms with Gasteiger partial charge in [0, 0.05) is 12.6 Å². The van der Waals surface area contributed by atoms with Crippen LogP contribution in [-0.2, 0) is 30.8 Å². The van der Waals surface area contributed by atoms with Gasteiger partial charge in [-0.15, -0.1) is 0 Å². The van der Waals surface area contributed by atoms with Crippen molar-refractivity contribution >= 4 is 5.97 Å². The molecule has 4 heteroatoms. The molecule has 0 spiro atoms. The summed E-state index contributed by atoms with van der Waals surface area (Å²) >= 11 is 0. The molecular weight excluding hydrogens is 398 g/mol. The van der Waals surface area contributed by atoms with Crippen LogP contribution in [0, 0.1) is 6.92 Å². The van der Waals surface area contributed by atoms with Gasteiger partial charge in [0.25, 0.3) is 0 Å². The molecule has 1 unspecified atom stereocenters. The third kappa shape index (κ3) is 5.03. The molecule has 0 fully saturated rings. The van der Waals surface area contributed by atoms with Gasteiger partial charge >= 0.3 is 5.97 Å². The summed E-state index contributed by atoms with van der Waals surface area (Å²) in [4.78, 5) is 10.9. The molecule has 0 heterocycles. The SMILES string of the molecule is Cc1c(COc2ccc(CNC(C)CC(=O)O)c3c2CCC3)cccc1-c1ccccc1. The number of ether oxygens (including phenoxy) is 1. The van der Waals surface area contributed by atoms with Gasteiger partial charge in [0.1, 0.15) is 12.4 Å². The predicted molar refractivity (Wildman–Crippen MR) is 128 cm³/mol. The molecule has 1 aliphatic carbocycles. The first kappa shape index (κ1) is 22.1. The van der Waals surface area contributed by atoms with E-state index in [1.165, 1.54) is 38.9 Å². The molecule has 32 heavy (non-hydrogen) atoms. The first-order valence-electron chi connectivity index (χ1n) is 11.4. The van der Waals surface area contributed by atoms with Crippen LogP contribution in [0.15, 0.2) is 60.7 Å². The highest BCUT2D eigenvalue weighted by atomic mass is 16.5. The van der Waals surface area contributed by atoms with Crippen LogP contribution in [0.2, 0.25) is 0 Å². The minimum absolute atomic E-state index is 0.0552. The van der Waals surface area contributed by atoms with Gasteiger partial charge in [-0.2, -0.15) is 0 Å². The molecule has 0 aromatic heterocycles. The molecule has 3 aromatic carbocycles. The van der Waals surface area contributed by atoms with Gasteiger partial charge in [-0.25, -0.2) is 0 Å². The number of hydrogen-bond donors (Lipinski definition) is 2. The summed E-state index contributed by atoms with van der Waals surface area (Å²) in [5, 5.41) is 12.3. The molecule has 0 saturated carbocycles. The Kier molecular flexibility index (Phi) is 6.91. The molecule has 0 amide bonds. The Hall–Kier alpha value is -3.11. The van der Waals surface area contributed by atoms with E-state index >= 15 is 0 Å². The van der Waals surface area contributed by atoms with Gasteiger partial charge in [-0.1, -0.05) is 54.6 Å². The smallest absolute Gasteiger partial charge is 0.304 e. The van der Waals surface area contributed by atoms with Gasteiger partial charge in [0.15, 0.2) is 0 Å². The van der Waals surface area contributed by atoms with E-state index in [-0.39, 0.29) is 12.5 Å². The number of carboxylic acids is 1. The quantitative estimate of drug-likeness (QED) is 0.459. The average molecular weight is 430 g/mol. The topological polar surface area (TPSA) is 58.6 Å². The van der Waals surface area contributed by atoms with Crippen molar-refractivity contribution in [3.8, 4) is 16.9 Å². The monoisotopic (exact) mass is 429 g/mol. The summed E-state index contributed by atoms with van der Waals surface area (Å²) < 4.78 is 6.34. The predicted octanol–water partition coefficient (Wildman–Crippen LogP) is 5.68. The molecule has 166 valence electrons. The summed E-state index contributed by atoms with van der Waals surface area (Å²) in [6.45, 7) is 5.32. The molecule has 0 radical (unpaired) electrons.